The molecule has 4 rings (SSSR count). The highest BCUT2D eigenvalue weighted by Gasteiger charge is 2.19. The van der Waals surface area contributed by atoms with E-state index in [1.807, 2.05) is 24.3 Å². The van der Waals surface area contributed by atoms with Crippen molar-refractivity contribution in [2.75, 3.05) is 36.5 Å². The minimum atomic E-state index is 0.472. The Balaban J connectivity index is 1.50. The maximum atomic E-state index is 5.40. The summed E-state index contributed by atoms with van der Waals surface area (Å²) in [6, 6.07) is 7.64. The highest BCUT2D eigenvalue weighted by atomic mass is 32.1. The molecule has 2 N–H and O–H groups in total. The maximum Gasteiger partial charge on any atom is 0.171 e. The van der Waals surface area contributed by atoms with Crippen molar-refractivity contribution in [3.8, 4) is 0 Å². The number of nitrogens with one attached hydrogen (secondary N) is 2. The van der Waals surface area contributed by atoms with E-state index in [1.165, 1.54) is 0 Å². The number of aromatic nitrogens is 2. The van der Waals surface area contributed by atoms with Crippen LogP contribution in [0.1, 0.15) is 5.76 Å². The topological polar surface area (TPSA) is 88.6 Å². The van der Waals surface area contributed by atoms with E-state index in [9.17, 15) is 0 Å². The summed E-state index contributed by atoms with van der Waals surface area (Å²) in [5.41, 5.74) is 3.08. The van der Waals surface area contributed by atoms with Gasteiger partial charge in [-0.2, -0.15) is 0 Å². The standard InChI is InChI=1S/C16H17N5O3S/c25-16(17-10-11-2-1-7-23-11)18-12-3-4-13(15-14(12)19-24-20-15)21-5-8-22-9-6-21/h1-4,7H,5-6,8-10H2,(H2,17,18,25). The number of nitrogens with zero attached hydrogens (tertiary/aromatic N) is 3. The van der Waals surface area contributed by atoms with Crippen molar-refractivity contribution < 1.29 is 13.8 Å². The molecule has 0 amide bonds. The first-order chi connectivity index (χ1) is 12.3. The van der Waals surface area contributed by atoms with Gasteiger partial charge in [0.05, 0.1) is 37.4 Å². The van der Waals surface area contributed by atoms with Crippen LogP contribution < -0.4 is 15.5 Å². The predicted molar refractivity (Wildman–Crippen MR) is 96.6 cm³/mol. The lowest BCUT2D eigenvalue weighted by molar-refractivity contribution is 0.123. The van der Waals surface area contributed by atoms with Crippen LogP contribution in [0.5, 0.6) is 0 Å². The van der Waals surface area contributed by atoms with E-state index >= 15 is 0 Å². The zero-order valence-corrected chi connectivity index (χ0v) is 14.2. The number of morpholine rings is 1. The number of fused-ring (bicyclic) bond motifs is 1. The Bertz CT molecular complexity index is 858. The fourth-order valence-electron chi connectivity index (χ4n) is 2.76. The number of benzene rings is 1. The minimum absolute atomic E-state index is 0.472. The Morgan fingerprint density at radius 1 is 1.16 bits per heavy atom. The van der Waals surface area contributed by atoms with E-state index in [-0.39, 0.29) is 0 Å². The van der Waals surface area contributed by atoms with Gasteiger partial charge in [-0.15, -0.1) is 0 Å². The second kappa shape index (κ2) is 7.08. The van der Waals surface area contributed by atoms with Crippen molar-refractivity contribution in [2.24, 2.45) is 0 Å². The smallest absolute Gasteiger partial charge is 0.171 e. The van der Waals surface area contributed by atoms with Crippen molar-refractivity contribution >= 4 is 39.7 Å². The molecule has 3 heterocycles. The summed E-state index contributed by atoms with van der Waals surface area (Å²) in [4.78, 5) is 2.22. The van der Waals surface area contributed by atoms with Gasteiger partial charge in [-0.05, 0) is 46.8 Å². The SMILES string of the molecule is S=C(NCc1ccco1)Nc1ccc(N2CCOCC2)c2nonc12. The zero-order valence-electron chi connectivity index (χ0n) is 13.4. The predicted octanol–water partition coefficient (Wildman–Crippen LogP) is 2.14. The molecule has 0 bridgehead atoms. The molecule has 1 aliphatic heterocycles. The summed E-state index contributed by atoms with van der Waals surface area (Å²) in [5.74, 6) is 0.806. The summed E-state index contributed by atoms with van der Waals surface area (Å²) < 4.78 is 15.6. The van der Waals surface area contributed by atoms with Crippen molar-refractivity contribution in [1.82, 2.24) is 15.6 Å². The summed E-state index contributed by atoms with van der Waals surface area (Å²) in [5, 5.41) is 14.8. The molecule has 8 nitrogen and oxygen atoms in total. The van der Waals surface area contributed by atoms with Crippen molar-refractivity contribution in [3.05, 3.63) is 36.3 Å². The quantitative estimate of drug-likeness (QED) is 0.680. The molecule has 0 atom stereocenters. The Hall–Kier alpha value is -2.65. The molecule has 0 spiro atoms. The van der Waals surface area contributed by atoms with E-state index in [0.29, 0.717) is 35.9 Å². The molecule has 2 aromatic heterocycles. The van der Waals surface area contributed by atoms with Crippen molar-refractivity contribution in [2.45, 2.75) is 6.54 Å². The van der Waals surface area contributed by atoms with Crippen LogP contribution in [0.3, 0.4) is 0 Å². The summed E-state index contributed by atoms with van der Waals surface area (Å²) in [6.45, 7) is 3.54. The zero-order chi connectivity index (χ0) is 17.1. The summed E-state index contributed by atoms with van der Waals surface area (Å²) in [7, 11) is 0. The first-order valence-electron chi connectivity index (χ1n) is 7.96. The molecular weight excluding hydrogens is 342 g/mol. The number of furan rings is 1. The number of thiocarbonyl (C=S) groups is 1. The third kappa shape index (κ3) is 3.42. The number of rotatable bonds is 4. The molecule has 0 aliphatic carbocycles. The molecule has 1 aliphatic rings. The van der Waals surface area contributed by atoms with Gasteiger partial charge in [0.25, 0.3) is 0 Å². The van der Waals surface area contributed by atoms with Gasteiger partial charge in [0.1, 0.15) is 5.76 Å². The summed E-state index contributed by atoms with van der Waals surface area (Å²) in [6.07, 6.45) is 1.63. The Morgan fingerprint density at radius 3 is 2.80 bits per heavy atom. The third-order valence-corrected chi connectivity index (χ3v) is 4.24. The van der Waals surface area contributed by atoms with Gasteiger partial charge >= 0.3 is 0 Å². The van der Waals surface area contributed by atoms with Crippen LogP contribution in [-0.2, 0) is 11.3 Å². The van der Waals surface area contributed by atoms with Gasteiger partial charge in [-0.3, -0.25) is 0 Å². The lowest BCUT2D eigenvalue weighted by Crippen LogP contribution is -2.36. The number of anilines is 2. The minimum Gasteiger partial charge on any atom is -0.467 e. The maximum absolute atomic E-state index is 5.40. The first-order valence-corrected chi connectivity index (χ1v) is 8.37. The van der Waals surface area contributed by atoms with Gasteiger partial charge in [-0.1, -0.05) is 0 Å². The first kappa shape index (κ1) is 15.9. The van der Waals surface area contributed by atoms with Gasteiger partial charge < -0.3 is 24.7 Å². The lowest BCUT2D eigenvalue weighted by atomic mass is 10.2. The second-order valence-electron chi connectivity index (χ2n) is 5.58. The molecule has 1 fully saturated rings. The van der Waals surface area contributed by atoms with E-state index in [4.69, 9.17) is 26.0 Å². The Morgan fingerprint density at radius 2 is 2.00 bits per heavy atom. The number of hydrogen-bond acceptors (Lipinski definition) is 7. The van der Waals surface area contributed by atoms with Crippen LogP contribution in [0.2, 0.25) is 0 Å². The molecule has 130 valence electrons. The highest BCUT2D eigenvalue weighted by Crippen LogP contribution is 2.30. The van der Waals surface area contributed by atoms with Crippen molar-refractivity contribution in [3.63, 3.8) is 0 Å². The average Bonchev–Trinajstić information content (AvgIpc) is 3.33. The summed E-state index contributed by atoms with van der Waals surface area (Å²) >= 11 is 5.33. The fraction of sp³-hybridized carbons (Fsp3) is 0.312. The Kier molecular flexibility index (Phi) is 4.49. The van der Waals surface area contributed by atoms with Crippen LogP contribution in [0, 0.1) is 0 Å². The van der Waals surface area contributed by atoms with Crippen LogP contribution in [0.15, 0.2) is 39.6 Å². The molecule has 1 saturated heterocycles. The monoisotopic (exact) mass is 359 g/mol. The number of ether oxygens (including phenoxy) is 1. The van der Waals surface area contributed by atoms with Gasteiger partial charge in [-0.25, -0.2) is 4.63 Å². The van der Waals surface area contributed by atoms with Gasteiger partial charge in [0.2, 0.25) is 0 Å². The molecular formula is C16H17N5O3S. The molecule has 25 heavy (non-hydrogen) atoms. The largest absolute Gasteiger partial charge is 0.467 e. The molecule has 9 heteroatoms. The van der Waals surface area contributed by atoms with Gasteiger partial charge in [0.15, 0.2) is 16.1 Å². The van der Waals surface area contributed by atoms with Gasteiger partial charge in [0, 0.05) is 13.1 Å². The van der Waals surface area contributed by atoms with Crippen molar-refractivity contribution in [1.29, 1.82) is 0 Å². The second-order valence-corrected chi connectivity index (χ2v) is 5.99. The van der Waals surface area contributed by atoms with E-state index in [2.05, 4.69) is 25.8 Å². The molecule has 0 saturated carbocycles. The Labute approximate surface area is 149 Å². The van der Waals surface area contributed by atoms with Crippen LogP contribution in [0.4, 0.5) is 11.4 Å². The number of hydrogen-bond donors (Lipinski definition) is 2. The molecule has 3 aromatic rings. The van der Waals surface area contributed by atoms with Crippen LogP contribution in [0.25, 0.3) is 11.0 Å². The van der Waals surface area contributed by atoms with E-state index < -0.39 is 0 Å². The van der Waals surface area contributed by atoms with E-state index in [1.54, 1.807) is 6.26 Å². The average molecular weight is 359 g/mol. The lowest BCUT2D eigenvalue weighted by Gasteiger charge is -2.28. The highest BCUT2D eigenvalue weighted by molar-refractivity contribution is 7.80. The molecule has 0 radical (unpaired) electrons. The van der Waals surface area contributed by atoms with Crippen LogP contribution in [-0.4, -0.2) is 41.7 Å². The molecule has 1 aromatic carbocycles. The fourth-order valence-corrected chi connectivity index (χ4v) is 2.94. The normalized spacial score (nSPS) is 14.6. The third-order valence-electron chi connectivity index (χ3n) is 4.00. The van der Waals surface area contributed by atoms with Crippen LogP contribution >= 0.6 is 12.2 Å². The molecule has 0 unspecified atom stereocenters. The van der Waals surface area contributed by atoms with E-state index in [0.717, 1.165) is 30.2 Å².